The summed E-state index contributed by atoms with van der Waals surface area (Å²) in [4.78, 5) is 36.7. The van der Waals surface area contributed by atoms with Crippen molar-refractivity contribution in [1.29, 1.82) is 0 Å². The summed E-state index contributed by atoms with van der Waals surface area (Å²) in [6.45, 7) is 2.29. The number of methoxy groups -OCH3 is 2. The Morgan fingerprint density at radius 3 is 2.25 bits per heavy atom. The molecule has 7 heteroatoms. The maximum absolute atomic E-state index is 12.4. The molecule has 1 amide bonds. The minimum Gasteiger partial charge on any atom is -0.493 e. The quantitative estimate of drug-likeness (QED) is 0.488. The van der Waals surface area contributed by atoms with Gasteiger partial charge in [-0.3, -0.25) is 9.59 Å². The second-order valence-electron chi connectivity index (χ2n) is 5.91. The first-order chi connectivity index (χ1) is 13.5. The van der Waals surface area contributed by atoms with Gasteiger partial charge in [-0.05, 0) is 36.8 Å². The van der Waals surface area contributed by atoms with Gasteiger partial charge < -0.3 is 19.1 Å². The van der Waals surface area contributed by atoms with E-state index in [2.05, 4.69) is 0 Å². The lowest BCUT2D eigenvalue weighted by molar-refractivity contribution is -0.134. The van der Waals surface area contributed by atoms with Crippen LogP contribution in [0.25, 0.3) is 0 Å². The topological polar surface area (TPSA) is 82.1 Å². The van der Waals surface area contributed by atoms with Crippen LogP contribution in [0.1, 0.15) is 33.2 Å². The fourth-order valence-electron chi connectivity index (χ4n) is 2.58. The molecule has 0 atom stereocenters. The Bertz CT molecular complexity index is 831. The molecule has 0 aromatic heterocycles. The Morgan fingerprint density at radius 1 is 1.00 bits per heavy atom. The maximum atomic E-state index is 12.4. The van der Waals surface area contributed by atoms with Crippen LogP contribution in [0.4, 0.5) is 0 Å². The van der Waals surface area contributed by atoms with Crippen LogP contribution < -0.4 is 9.47 Å². The van der Waals surface area contributed by atoms with Crippen LogP contribution in [0, 0.1) is 0 Å². The van der Waals surface area contributed by atoms with E-state index in [0.717, 1.165) is 5.56 Å². The van der Waals surface area contributed by atoms with Crippen LogP contribution >= 0.6 is 0 Å². The van der Waals surface area contributed by atoms with Crippen molar-refractivity contribution in [3.8, 4) is 11.5 Å². The first-order valence-corrected chi connectivity index (χ1v) is 8.73. The summed E-state index contributed by atoms with van der Waals surface area (Å²) in [5.74, 6) is 0.256. The zero-order chi connectivity index (χ0) is 20.5. The Labute approximate surface area is 163 Å². The molecule has 0 aliphatic carbocycles. The number of amides is 1. The van der Waals surface area contributed by atoms with Crippen molar-refractivity contribution >= 4 is 18.2 Å². The van der Waals surface area contributed by atoms with Crippen molar-refractivity contribution in [2.45, 2.75) is 13.5 Å². The van der Waals surface area contributed by atoms with E-state index in [0.29, 0.717) is 36.4 Å². The number of benzene rings is 2. The molecule has 2 aromatic rings. The minimum atomic E-state index is -0.618. The normalized spacial score (nSPS) is 10.1. The molecule has 0 radical (unpaired) electrons. The predicted octanol–water partition coefficient (Wildman–Crippen LogP) is 2.72. The summed E-state index contributed by atoms with van der Waals surface area (Å²) in [5, 5.41) is 0. The van der Waals surface area contributed by atoms with Crippen LogP contribution in [0.5, 0.6) is 11.5 Å². The highest BCUT2D eigenvalue weighted by atomic mass is 16.5. The third-order valence-corrected chi connectivity index (χ3v) is 4.17. The van der Waals surface area contributed by atoms with Crippen molar-refractivity contribution in [1.82, 2.24) is 4.90 Å². The fraction of sp³-hybridized carbons (Fsp3) is 0.286. The number of nitrogens with zero attached hydrogens (tertiary/aromatic N) is 1. The molecule has 0 bridgehead atoms. The number of likely N-dealkylation sites (N-methyl/N-ethyl adjacent to an activating group) is 1. The van der Waals surface area contributed by atoms with Gasteiger partial charge in [-0.25, -0.2) is 4.79 Å². The lowest BCUT2D eigenvalue weighted by Crippen LogP contribution is -2.34. The summed E-state index contributed by atoms with van der Waals surface area (Å²) in [5.41, 5.74) is 1.60. The zero-order valence-electron chi connectivity index (χ0n) is 16.1. The first-order valence-electron chi connectivity index (χ1n) is 8.73. The smallest absolute Gasteiger partial charge is 0.338 e. The number of hydrogen-bond donors (Lipinski definition) is 0. The van der Waals surface area contributed by atoms with Crippen LogP contribution in [-0.2, 0) is 16.1 Å². The Kier molecular flexibility index (Phi) is 7.56. The Hall–Kier alpha value is -3.35. The summed E-state index contributed by atoms with van der Waals surface area (Å²) in [7, 11) is 3.10. The molecule has 148 valence electrons. The number of carbonyl (C=O) groups is 3. The van der Waals surface area contributed by atoms with E-state index in [1.807, 2.05) is 13.0 Å². The predicted molar refractivity (Wildman–Crippen MR) is 103 cm³/mol. The molecule has 0 unspecified atom stereocenters. The summed E-state index contributed by atoms with van der Waals surface area (Å²) < 4.78 is 15.6. The van der Waals surface area contributed by atoms with Gasteiger partial charge in [0.25, 0.3) is 5.91 Å². The second-order valence-corrected chi connectivity index (χ2v) is 5.91. The van der Waals surface area contributed by atoms with E-state index >= 15 is 0 Å². The molecule has 28 heavy (non-hydrogen) atoms. The lowest BCUT2D eigenvalue weighted by atomic mass is 10.1. The molecule has 0 fully saturated rings. The molecular weight excluding hydrogens is 362 g/mol. The van der Waals surface area contributed by atoms with E-state index in [-0.39, 0.29) is 18.1 Å². The second kappa shape index (κ2) is 10.1. The summed E-state index contributed by atoms with van der Waals surface area (Å²) in [6, 6.07) is 11.4. The molecule has 0 saturated carbocycles. The largest absolute Gasteiger partial charge is 0.493 e. The summed E-state index contributed by atoms with van der Waals surface area (Å²) >= 11 is 0. The highest BCUT2D eigenvalue weighted by Gasteiger charge is 2.16. The average Bonchev–Trinajstić information content (AvgIpc) is 2.75. The number of aldehydes is 1. The number of rotatable bonds is 9. The van der Waals surface area contributed by atoms with Gasteiger partial charge in [-0.1, -0.05) is 18.2 Å². The van der Waals surface area contributed by atoms with Crippen LogP contribution in [0.2, 0.25) is 0 Å². The van der Waals surface area contributed by atoms with Crippen LogP contribution in [-0.4, -0.2) is 50.4 Å². The molecule has 0 aliphatic heterocycles. The van der Waals surface area contributed by atoms with Gasteiger partial charge in [-0.15, -0.1) is 0 Å². The van der Waals surface area contributed by atoms with Gasteiger partial charge >= 0.3 is 5.97 Å². The van der Waals surface area contributed by atoms with Gasteiger partial charge in [0.2, 0.25) is 0 Å². The number of carbonyl (C=O) groups excluding carboxylic acids is 3. The zero-order valence-corrected chi connectivity index (χ0v) is 16.1. The van der Waals surface area contributed by atoms with Crippen LogP contribution in [0.15, 0.2) is 42.5 Å². The van der Waals surface area contributed by atoms with Crippen LogP contribution in [0.3, 0.4) is 0 Å². The average molecular weight is 385 g/mol. The van der Waals surface area contributed by atoms with Crippen molar-refractivity contribution in [2.75, 3.05) is 27.4 Å². The Balaban J connectivity index is 1.97. The van der Waals surface area contributed by atoms with Crippen molar-refractivity contribution in [3.63, 3.8) is 0 Å². The number of esters is 1. The molecule has 7 nitrogen and oxygen atoms in total. The lowest BCUT2D eigenvalue weighted by Gasteiger charge is -2.21. The third kappa shape index (κ3) is 5.33. The first kappa shape index (κ1) is 21.0. The molecule has 2 rings (SSSR count). The van der Waals surface area contributed by atoms with E-state index in [1.54, 1.807) is 31.3 Å². The third-order valence-electron chi connectivity index (χ3n) is 4.17. The van der Waals surface area contributed by atoms with Gasteiger partial charge in [0.15, 0.2) is 18.1 Å². The fourth-order valence-corrected chi connectivity index (χ4v) is 2.58. The maximum Gasteiger partial charge on any atom is 0.338 e. The monoisotopic (exact) mass is 385 g/mol. The SMILES string of the molecule is CCN(Cc1ccc(OC)c(OC)c1)C(=O)COC(=O)c1ccc(C=O)cc1. The number of hydrogen-bond acceptors (Lipinski definition) is 6. The van der Waals surface area contributed by atoms with Gasteiger partial charge in [0, 0.05) is 18.7 Å². The molecule has 2 aromatic carbocycles. The molecule has 0 spiro atoms. The van der Waals surface area contributed by atoms with E-state index in [1.165, 1.54) is 24.3 Å². The highest BCUT2D eigenvalue weighted by Crippen LogP contribution is 2.28. The van der Waals surface area contributed by atoms with E-state index in [4.69, 9.17) is 14.2 Å². The Morgan fingerprint density at radius 2 is 1.68 bits per heavy atom. The molecule has 0 aliphatic rings. The van der Waals surface area contributed by atoms with Gasteiger partial charge in [0.05, 0.1) is 19.8 Å². The molecule has 0 heterocycles. The minimum absolute atomic E-state index is 0.279. The highest BCUT2D eigenvalue weighted by molar-refractivity contribution is 5.92. The van der Waals surface area contributed by atoms with Crippen molar-refractivity contribution in [3.05, 3.63) is 59.2 Å². The van der Waals surface area contributed by atoms with Gasteiger partial charge in [0.1, 0.15) is 6.29 Å². The summed E-state index contributed by atoms with van der Waals surface area (Å²) in [6.07, 6.45) is 0.686. The molecule has 0 N–H and O–H groups in total. The van der Waals surface area contributed by atoms with E-state index in [9.17, 15) is 14.4 Å². The molecular formula is C21H23NO6. The standard InChI is InChI=1S/C21H23NO6/c1-4-22(12-16-7-10-18(26-2)19(11-16)27-3)20(24)14-28-21(25)17-8-5-15(13-23)6-9-17/h5-11,13H,4,12,14H2,1-3H3. The van der Waals surface area contributed by atoms with Crippen molar-refractivity contribution < 1.29 is 28.6 Å². The molecule has 0 saturated heterocycles. The van der Waals surface area contributed by atoms with Gasteiger partial charge in [-0.2, -0.15) is 0 Å². The van der Waals surface area contributed by atoms with Crippen molar-refractivity contribution in [2.24, 2.45) is 0 Å². The number of ether oxygens (including phenoxy) is 3. The van der Waals surface area contributed by atoms with E-state index < -0.39 is 5.97 Å².